The van der Waals surface area contributed by atoms with E-state index in [1.807, 2.05) is 0 Å². The highest BCUT2D eigenvalue weighted by molar-refractivity contribution is 7.89. The summed E-state index contributed by atoms with van der Waals surface area (Å²) in [6.45, 7) is 5.47. The summed E-state index contributed by atoms with van der Waals surface area (Å²) in [6.07, 6.45) is -8.32. The Hall–Kier alpha value is -5.27. The maximum atomic E-state index is 13.0. The maximum absolute atomic E-state index is 13.0. The number of β-amino-alcohol motifs (C(OH)–C–C–N with tert-alkyl or cyclic N) is 2. The molecule has 0 aliphatic carbocycles. The van der Waals surface area contributed by atoms with E-state index in [0.29, 0.717) is 25.5 Å². The molecule has 7 N–H and O–H groups in total. The summed E-state index contributed by atoms with van der Waals surface area (Å²) in [5, 5.41) is 35.6. The van der Waals surface area contributed by atoms with E-state index in [4.69, 9.17) is 39.7 Å². The van der Waals surface area contributed by atoms with E-state index >= 15 is 0 Å². The predicted molar refractivity (Wildman–Crippen MR) is 207 cm³/mol. The number of carboxylic acids is 2. The van der Waals surface area contributed by atoms with Gasteiger partial charge in [0.05, 0.1) is 37.3 Å². The molecular formula is C35H46F8N6O14S2. The number of ether oxygens (including phenoxy) is 3. The van der Waals surface area contributed by atoms with Gasteiger partial charge in [0.1, 0.15) is 28.6 Å². The molecule has 1 amide bonds. The number of aromatic nitrogens is 2. The van der Waals surface area contributed by atoms with Crippen molar-refractivity contribution < 1.29 is 101 Å². The van der Waals surface area contributed by atoms with E-state index in [1.165, 1.54) is 39.1 Å². The van der Waals surface area contributed by atoms with Crippen LogP contribution in [0.3, 0.4) is 0 Å². The minimum Gasteiger partial charge on any atom is -0.475 e. The number of carbonyl (C=O) groups is 3. The number of amides is 1. The smallest absolute Gasteiger partial charge is 0.475 e. The molecule has 2 aromatic rings. The largest absolute Gasteiger partial charge is 0.490 e. The number of alkyl halides is 6. The van der Waals surface area contributed by atoms with Crippen LogP contribution >= 0.6 is 0 Å². The highest BCUT2D eigenvalue weighted by Gasteiger charge is 2.39. The lowest BCUT2D eigenvalue weighted by molar-refractivity contribution is -0.193. The maximum Gasteiger partial charge on any atom is 0.490 e. The number of carboxylic acid groups (broad SMARTS) is 2. The number of nitrogens with zero attached hydrogens (tertiary/aromatic N) is 4. The number of alkyl carbamates (subject to hydrolysis) is 1. The normalized spacial score (nSPS) is 17.6. The third-order valence-electron chi connectivity index (χ3n) is 7.67. The third kappa shape index (κ3) is 21.1. The average Bonchev–Trinajstić information content (AvgIpc) is 3.87. The van der Waals surface area contributed by atoms with E-state index in [1.54, 1.807) is 20.8 Å². The molecule has 0 unspecified atom stereocenters. The zero-order valence-electron chi connectivity index (χ0n) is 34.4. The number of halogens is 8. The second kappa shape index (κ2) is 25.4. The first-order valence-corrected chi connectivity index (χ1v) is 21.1. The number of aliphatic hydroxyl groups excluding tert-OH is 2. The monoisotopic (exact) mass is 990 g/mol. The van der Waals surface area contributed by atoms with Gasteiger partial charge in [-0.15, -0.1) is 0 Å². The standard InChI is InChI=1S/C18H26FN3O6S.C13H18FN3O4S.2C2HF3O2/c1-18(2,3)28-17(24)21-9-13(8-19)12-27-16-5-4-15(10-20-16)29(25,26)22-7-6-14(23)11-22;14-5-10(6-15)9-21-13-2-1-12(7-16-13)22(19,20)17-4-3-11(18)8-17;2*3-2(4,5)1(6)7/h4-5,8,10,14,23H,6-7,9,11-12H2,1-3H3,(H,21,24);1-2,5,7,11,18H,3-4,6,8-9,15H2;2*(H,6,7)/b13-8-;10-5-;;/t14-;11-;;/m00../s1. The Morgan fingerprint density at radius 2 is 1.12 bits per heavy atom. The molecule has 30 heteroatoms. The second-order valence-electron chi connectivity index (χ2n) is 14.1. The minimum absolute atomic E-state index is 0.0215. The molecule has 0 spiro atoms. The number of nitrogens with one attached hydrogen (secondary N) is 1. The number of hydrogen-bond donors (Lipinski definition) is 6. The lowest BCUT2D eigenvalue weighted by Crippen LogP contribution is -2.34. The van der Waals surface area contributed by atoms with Crippen LogP contribution in [0.2, 0.25) is 0 Å². The van der Waals surface area contributed by atoms with E-state index in [9.17, 15) is 67.0 Å². The molecule has 4 rings (SSSR count). The summed E-state index contributed by atoms with van der Waals surface area (Å²) in [5.74, 6) is -5.24. The van der Waals surface area contributed by atoms with Crippen LogP contribution in [-0.2, 0) is 34.4 Å². The molecule has 0 radical (unpaired) electrons. The van der Waals surface area contributed by atoms with Crippen molar-refractivity contribution in [3.8, 4) is 11.8 Å². The fourth-order valence-electron chi connectivity index (χ4n) is 4.45. The first kappa shape index (κ1) is 57.7. The van der Waals surface area contributed by atoms with Gasteiger partial charge in [0.2, 0.25) is 31.8 Å². The second-order valence-corrected chi connectivity index (χ2v) is 17.9. The number of rotatable bonds is 13. The van der Waals surface area contributed by atoms with Crippen molar-refractivity contribution in [3.63, 3.8) is 0 Å². The van der Waals surface area contributed by atoms with Crippen LogP contribution in [0.15, 0.2) is 70.3 Å². The van der Waals surface area contributed by atoms with Crippen molar-refractivity contribution in [2.45, 2.75) is 73.6 Å². The summed E-state index contributed by atoms with van der Waals surface area (Å²) < 4.78 is 156. The van der Waals surface area contributed by atoms with Crippen LogP contribution < -0.4 is 20.5 Å². The van der Waals surface area contributed by atoms with E-state index < -0.39 is 68.2 Å². The van der Waals surface area contributed by atoms with Crippen molar-refractivity contribution in [1.29, 1.82) is 0 Å². The fraction of sp³-hybridized carbons (Fsp3) is 0.514. The van der Waals surface area contributed by atoms with Crippen molar-refractivity contribution in [2.75, 3.05) is 52.5 Å². The van der Waals surface area contributed by atoms with E-state index in [-0.39, 0.29) is 85.2 Å². The van der Waals surface area contributed by atoms with Crippen LogP contribution in [0.5, 0.6) is 11.8 Å². The third-order valence-corrected chi connectivity index (χ3v) is 11.4. The predicted octanol–water partition coefficient (Wildman–Crippen LogP) is 2.89. The minimum atomic E-state index is -5.08. The molecule has 2 fully saturated rings. The van der Waals surface area contributed by atoms with Gasteiger partial charge in [-0.3, -0.25) is 0 Å². The number of hydrogen-bond acceptors (Lipinski definition) is 15. The molecule has 2 aliphatic rings. The molecule has 2 aromatic heterocycles. The Labute approximate surface area is 366 Å². The van der Waals surface area contributed by atoms with Gasteiger partial charge in [-0.05, 0) is 45.7 Å². The SMILES string of the molecule is CC(C)(C)OC(=O)NC/C(=C/F)COc1ccc(S(=O)(=O)N2CC[C@H](O)C2)cn1.NC/C(=C/F)COc1ccc(S(=O)(=O)N2CC[C@H](O)C2)cn1.O=C(O)C(F)(F)F.O=C(O)C(F)(F)F. The van der Waals surface area contributed by atoms with Gasteiger partial charge < -0.3 is 45.7 Å². The van der Waals surface area contributed by atoms with Crippen LogP contribution in [0.4, 0.5) is 39.9 Å². The molecular weight excluding hydrogens is 945 g/mol. The molecule has 0 aromatic carbocycles. The van der Waals surface area contributed by atoms with Gasteiger partial charge in [-0.25, -0.2) is 50.0 Å². The quantitative estimate of drug-likeness (QED) is 0.157. The van der Waals surface area contributed by atoms with Crippen molar-refractivity contribution >= 4 is 38.1 Å². The number of sulfonamides is 2. The lowest BCUT2D eigenvalue weighted by atomic mass is 10.2. The average molecular weight is 991 g/mol. The fourth-order valence-corrected chi connectivity index (χ4v) is 7.33. The number of nitrogens with two attached hydrogens (primary N) is 1. The Kier molecular flexibility index (Phi) is 22.6. The lowest BCUT2D eigenvalue weighted by Gasteiger charge is -2.20. The molecule has 20 nitrogen and oxygen atoms in total. The summed E-state index contributed by atoms with van der Waals surface area (Å²) in [7, 11) is -7.40. The van der Waals surface area contributed by atoms with Gasteiger partial charge in [0, 0.05) is 62.5 Å². The molecule has 368 valence electrons. The van der Waals surface area contributed by atoms with Crippen LogP contribution in [0.1, 0.15) is 33.6 Å². The van der Waals surface area contributed by atoms with Crippen molar-refractivity contribution in [2.24, 2.45) is 5.73 Å². The molecule has 65 heavy (non-hydrogen) atoms. The molecule has 2 aliphatic heterocycles. The summed E-state index contributed by atoms with van der Waals surface area (Å²) in [4.78, 5) is 37.2. The van der Waals surface area contributed by atoms with Gasteiger partial charge in [0.15, 0.2) is 0 Å². The first-order chi connectivity index (χ1) is 29.9. The number of pyridine rings is 2. The topological polar surface area (TPSA) is 298 Å². The number of aliphatic hydroxyl groups is 2. The number of carbonyl (C=O) groups excluding carboxylic acids is 1. The Balaban J connectivity index is 0.000000512. The molecule has 4 heterocycles. The summed E-state index contributed by atoms with van der Waals surface area (Å²) in [6, 6.07) is 5.45. The Bertz CT molecular complexity index is 2120. The summed E-state index contributed by atoms with van der Waals surface area (Å²) in [5.41, 5.74) is 5.04. The van der Waals surface area contributed by atoms with Gasteiger partial charge >= 0.3 is 30.4 Å². The van der Waals surface area contributed by atoms with Crippen LogP contribution in [-0.4, -0.2) is 157 Å². The van der Waals surface area contributed by atoms with E-state index in [2.05, 4.69) is 15.3 Å². The van der Waals surface area contributed by atoms with Crippen molar-refractivity contribution in [1.82, 2.24) is 23.9 Å². The molecule has 0 saturated carbocycles. The highest BCUT2D eigenvalue weighted by Crippen LogP contribution is 2.23. The summed E-state index contributed by atoms with van der Waals surface area (Å²) >= 11 is 0. The van der Waals surface area contributed by atoms with E-state index in [0.717, 1.165) is 6.20 Å². The molecule has 2 atom stereocenters. The zero-order chi connectivity index (χ0) is 50.0. The molecule has 0 bridgehead atoms. The zero-order valence-corrected chi connectivity index (χ0v) is 36.1. The van der Waals surface area contributed by atoms with Gasteiger partial charge in [0.25, 0.3) is 0 Å². The van der Waals surface area contributed by atoms with Gasteiger partial charge in [-0.2, -0.15) is 35.0 Å². The number of aliphatic carboxylic acids is 2. The van der Waals surface area contributed by atoms with Gasteiger partial charge in [-0.1, -0.05) is 0 Å². The highest BCUT2D eigenvalue weighted by atomic mass is 32.2. The first-order valence-electron chi connectivity index (χ1n) is 18.2. The Morgan fingerprint density at radius 1 is 0.754 bits per heavy atom. The Morgan fingerprint density at radius 3 is 1.38 bits per heavy atom. The van der Waals surface area contributed by atoms with Crippen molar-refractivity contribution in [3.05, 3.63) is 60.5 Å². The van der Waals surface area contributed by atoms with Crippen LogP contribution in [0.25, 0.3) is 0 Å². The molecule has 2 saturated heterocycles. The van der Waals surface area contributed by atoms with Crippen LogP contribution in [0, 0.1) is 0 Å².